The zero-order valence-electron chi connectivity index (χ0n) is 21.2. The van der Waals surface area contributed by atoms with E-state index < -0.39 is 11.9 Å². The van der Waals surface area contributed by atoms with Crippen LogP contribution in [0.25, 0.3) is 22.0 Å². The maximum atomic E-state index is 13.3. The van der Waals surface area contributed by atoms with Gasteiger partial charge in [-0.05, 0) is 55.5 Å². The number of ether oxygens (including phenoxy) is 2. The number of esters is 1. The molecule has 4 aromatic carbocycles. The van der Waals surface area contributed by atoms with Gasteiger partial charge in [-0.2, -0.15) is 5.10 Å². The molecule has 0 spiro atoms. The van der Waals surface area contributed by atoms with E-state index in [0.29, 0.717) is 38.9 Å². The SMILES string of the molecule is COc1cccc(C(=O)Oc2ccccc2C=NNC(=O)c2[nH]c3ccc(C)cc3c2-c2ccccc2Cl)c1. The van der Waals surface area contributed by atoms with E-state index in [1.54, 1.807) is 54.6 Å². The Kier molecular flexibility index (Phi) is 7.43. The summed E-state index contributed by atoms with van der Waals surface area (Å²) in [5.41, 5.74) is 7.05. The lowest BCUT2D eigenvalue weighted by Crippen LogP contribution is -2.19. The molecule has 8 heteroatoms. The van der Waals surface area contributed by atoms with Gasteiger partial charge in [0.1, 0.15) is 17.2 Å². The summed E-state index contributed by atoms with van der Waals surface area (Å²) >= 11 is 6.51. The third kappa shape index (κ3) is 5.54. The molecule has 0 fully saturated rings. The number of rotatable bonds is 7. The largest absolute Gasteiger partial charge is 0.497 e. The van der Waals surface area contributed by atoms with Crippen LogP contribution in [0.1, 0.15) is 32.0 Å². The van der Waals surface area contributed by atoms with Crippen LogP contribution in [0.4, 0.5) is 0 Å². The monoisotopic (exact) mass is 537 g/mol. The second kappa shape index (κ2) is 11.2. The van der Waals surface area contributed by atoms with Gasteiger partial charge >= 0.3 is 5.97 Å². The zero-order chi connectivity index (χ0) is 27.4. The fourth-order valence-corrected chi connectivity index (χ4v) is 4.46. The van der Waals surface area contributed by atoms with Crippen LogP contribution in [0, 0.1) is 6.92 Å². The van der Waals surface area contributed by atoms with Crippen LogP contribution >= 0.6 is 11.6 Å². The Morgan fingerprint density at radius 2 is 1.74 bits per heavy atom. The maximum Gasteiger partial charge on any atom is 0.343 e. The normalized spacial score (nSPS) is 11.1. The first-order valence-corrected chi connectivity index (χ1v) is 12.5. The van der Waals surface area contributed by atoms with E-state index >= 15 is 0 Å². The van der Waals surface area contributed by atoms with Crippen molar-refractivity contribution < 1.29 is 19.1 Å². The molecule has 194 valence electrons. The first-order valence-electron chi connectivity index (χ1n) is 12.1. The summed E-state index contributed by atoms with van der Waals surface area (Å²) in [6.07, 6.45) is 1.42. The smallest absolute Gasteiger partial charge is 0.343 e. The van der Waals surface area contributed by atoms with Crippen molar-refractivity contribution in [1.29, 1.82) is 0 Å². The number of halogens is 1. The second-order valence-electron chi connectivity index (χ2n) is 8.76. The van der Waals surface area contributed by atoms with Crippen LogP contribution in [-0.2, 0) is 0 Å². The van der Waals surface area contributed by atoms with E-state index in [0.717, 1.165) is 22.0 Å². The van der Waals surface area contributed by atoms with Gasteiger partial charge < -0.3 is 14.5 Å². The molecule has 0 unspecified atom stereocenters. The van der Waals surface area contributed by atoms with Gasteiger partial charge in [0.15, 0.2) is 0 Å². The maximum absolute atomic E-state index is 13.3. The third-order valence-corrected chi connectivity index (χ3v) is 6.45. The van der Waals surface area contributed by atoms with E-state index in [1.807, 2.05) is 43.3 Å². The van der Waals surface area contributed by atoms with Crippen molar-refractivity contribution in [3.05, 3.63) is 118 Å². The molecule has 0 bridgehead atoms. The standard InChI is InChI=1S/C31H24ClN3O4/c1-19-14-15-26-24(16-19)28(23-11-4-5-12-25(23)32)29(34-26)30(36)35-33-18-21-8-3-6-13-27(21)39-31(37)20-9-7-10-22(17-20)38-2/h3-18,34H,1-2H3,(H,35,36). The third-order valence-electron chi connectivity index (χ3n) is 6.12. The molecule has 1 heterocycles. The lowest BCUT2D eigenvalue weighted by atomic mass is 10.0. The lowest BCUT2D eigenvalue weighted by Gasteiger charge is -2.08. The number of nitrogens with zero attached hydrogens (tertiary/aromatic N) is 1. The number of aromatic amines is 1. The second-order valence-corrected chi connectivity index (χ2v) is 9.17. The Morgan fingerprint density at radius 3 is 2.56 bits per heavy atom. The van der Waals surface area contributed by atoms with Crippen molar-refractivity contribution in [1.82, 2.24) is 10.4 Å². The zero-order valence-corrected chi connectivity index (χ0v) is 22.0. The first kappa shape index (κ1) is 25.8. The molecule has 39 heavy (non-hydrogen) atoms. The molecule has 0 saturated heterocycles. The number of carbonyl (C=O) groups is 2. The molecular formula is C31H24ClN3O4. The Labute approximate surface area is 230 Å². The Bertz CT molecular complexity index is 1720. The van der Waals surface area contributed by atoms with E-state index in [2.05, 4.69) is 15.5 Å². The highest BCUT2D eigenvalue weighted by Gasteiger charge is 2.21. The van der Waals surface area contributed by atoms with E-state index in [4.69, 9.17) is 21.1 Å². The Morgan fingerprint density at radius 1 is 0.949 bits per heavy atom. The molecule has 1 amide bonds. The number of para-hydroxylation sites is 1. The van der Waals surface area contributed by atoms with Gasteiger partial charge in [0.25, 0.3) is 5.91 Å². The number of carbonyl (C=O) groups excluding carboxylic acids is 2. The first-order chi connectivity index (χ1) is 18.9. The predicted molar refractivity (Wildman–Crippen MR) is 153 cm³/mol. The number of hydrogen-bond donors (Lipinski definition) is 2. The number of nitrogens with one attached hydrogen (secondary N) is 2. The molecule has 0 aliphatic rings. The Balaban J connectivity index is 1.40. The summed E-state index contributed by atoms with van der Waals surface area (Å²) in [6, 6.07) is 26.9. The quantitative estimate of drug-likeness (QED) is 0.103. The number of H-pyrrole nitrogens is 1. The minimum absolute atomic E-state index is 0.293. The molecule has 5 aromatic rings. The molecule has 0 aliphatic carbocycles. The van der Waals surface area contributed by atoms with Crippen LogP contribution in [0.5, 0.6) is 11.5 Å². The predicted octanol–water partition coefficient (Wildman–Crippen LogP) is 6.79. The van der Waals surface area contributed by atoms with E-state index in [1.165, 1.54) is 13.3 Å². The van der Waals surface area contributed by atoms with Crippen molar-refractivity contribution in [3.63, 3.8) is 0 Å². The fraction of sp³-hybridized carbons (Fsp3) is 0.0645. The van der Waals surface area contributed by atoms with E-state index in [9.17, 15) is 9.59 Å². The number of methoxy groups -OCH3 is 1. The number of hydrazone groups is 1. The van der Waals surface area contributed by atoms with Crippen molar-refractivity contribution in [2.24, 2.45) is 5.10 Å². The number of hydrogen-bond acceptors (Lipinski definition) is 5. The molecule has 5 rings (SSSR count). The van der Waals surface area contributed by atoms with Crippen molar-refractivity contribution in [2.45, 2.75) is 6.92 Å². The van der Waals surface area contributed by atoms with Crippen molar-refractivity contribution in [2.75, 3.05) is 7.11 Å². The number of aryl methyl sites for hydroxylation is 1. The fourth-order valence-electron chi connectivity index (χ4n) is 4.23. The highest BCUT2D eigenvalue weighted by atomic mass is 35.5. The molecule has 0 aliphatic heterocycles. The molecule has 2 N–H and O–H groups in total. The van der Waals surface area contributed by atoms with Gasteiger partial charge in [-0.3, -0.25) is 4.79 Å². The summed E-state index contributed by atoms with van der Waals surface area (Å²) in [4.78, 5) is 29.2. The van der Waals surface area contributed by atoms with Crippen LogP contribution in [0.15, 0.2) is 96.1 Å². The van der Waals surface area contributed by atoms with E-state index in [-0.39, 0.29) is 0 Å². The average molecular weight is 538 g/mol. The van der Waals surface area contributed by atoms with Crippen LogP contribution in [0.3, 0.4) is 0 Å². The summed E-state index contributed by atoms with van der Waals surface area (Å²) in [5.74, 6) is -0.149. The van der Waals surface area contributed by atoms with Gasteiger partial charge in [-0.25, -0.2) is 10.2 Å². The van der Waals surface area contributed by atoms with Crippen LogP contribution < -0.4 is 14.9 Å². The van der Waals surface area contributed by atoms with Crippen molar-refractivity contribution in [3.8, 4) is 22.6 Å². The molecule has 0 saturated carbocycles. The van der Waals surface area contributed by atoms with Crippen LogP contribution in [0.2, 0.25) is 5.02 Å². The summed E-state index contributed by atoms with van der Waals surface area (Å²) < 4.78 is 10.8. The van der Waals surface area contributed by atoms with Gasteiger partial charge in [0.05, 0.1) is 18.9 Å². The minimum Gasteiger partial charge on any atom is -0.497 e. The minimum atomic E-state index is -0.545. The summed E-state index contributed by atoms with van der Waals surface area (Å²) in [5, 5.41) is 5.56. The number of aromatic nitrogens is 1. The van der Waals surface area contributed by atoms with Gasteiger partial charge in [0, 0.05) is 32.6 Å². The topological polar surface area (TPSA) is 92.8 Å². The number of benzene rings is 4. The van der Waals surface area contributed by atoms with Gasteiger partial charge in [-0.1, -0.05) is 59.6 Å². The summed E-state index contributed by atoms with van der Waals surface area (Å²) in [6.45, 7) is 1.99. The highest BCUT2D eigenvalue weighted by molar-refractivity contribution is 6.34. The average Bonchev–Trinajstić information content (AvgIpc) is 3.32. The molecule has 0 atom stereocenters. The number of fused-ring (bicyclic) bond motifs is 1. The molecule has 1 aromatic heterocycles. The van der Waals surface area contributed by atoms with Crippen molar-refractivity contribution >= 4 is 40.6 Å². The molecule has 7 nitrogen and oxygen atoms in total. The van der Waals surface area contributed by atoms with Crippen LogP contribution in [-0.4, -0.2) is 30.2 Å². The summed E-state index contributed by atoms with van der Waals surface area (Å²) in [7, 11) is 1.53. The molecule has 0 radical (unpaired) electrons. The van der Waals surface area contributed by atoms with Gasteiger partial charge in [-0.15, -0.1) is 0 Å². The Hall–Kier alpha value is -4.88. The lowest BCUT2D eigenvalue weighted by molar-refractivity contribution is 0.0733. The number of amides is 1. The molecular weight excluding hydrogens is 514 g/mol. The van der Waals surface area contributed by atoms with Gasteiger partial charge in [0.2, 0.25) is 0 Å². The highest BCUT2D eigenvalue weighted by Crippen LogP contribution is 2.37.